The Bertz CT molecular complexity index is 701. The number of ether oxygens (including phenoxy) is 1. The molecule has 0 saturated carbocycles. The van der Waals surface area contributed by atoms with Crippen LogP contribution in [0.5, 0.6) is 0 Å². The van der Waals surface area contributed by atoms with Crippen molar-refractivity contribution < 1.29 is 9.53 Å². The fourth-order valence-corrected chi connectivity index (χ4v) is 4.22. The van der Waals surface area contributed by atoms with Gasteiger partial charge >= 0.3 is 5.97 Å². The lowest BCUT2D eigenvalue weighted by atomic mass is 9.72. The number of allylic oxidation sites excluding steroid dienone is 5. The number of hydrogen-bond donors (Lipinski definition) is 0. The molecule has 0 amide bonds. The van der Waals surface area contributed by atoms with Gasteiger partial charge in [-0.25, -0.2) is 4.79 Å². The molecule has 0 aromatic carbocycles. The standard InChI is InChI=1S/C22H30O2S/c1-6-14-24-21(23)20-12-10-18(25-20)15-16(2)9-11-19-17(3)8-7-13-22(19,4)5/h9-12,15H,6-8,13-14H2,1-5H3. The van der Waals surface area contributed by atoms with Crippen LogP contribution in [0, 0.1) is 5.41 Å². The monoisotopic (exact) mass is 358 g/mol. The second-order valence-electron chi connectivity index (χ2n) is 7.49. The maximum absolute atomic E-state index is 11.9. The van der Waals surface area contributed by atoms with Gasteiger partial charge in [-0.3, -0.25) is 0 Å². The predicted octanol–water partition coefficient (Wildman–Crippen LogP) is 6.80. The molecule has 0 N–H and O–H groups in total. The molecule has 1 aromatic rings. The van der Waals surface area contributed by atoms with Gasteiger partial charge in [-0.05, 0) is 74.3 Å². The number of carbonyl (C=O) groups is 1. The molecule has 0 unspecified atom stereocenters. The Morgan fingerprint density at radius 1 is 1.36 bits per heavy atom. The molecule has 2 nitrogen and oxygen atoms in total. The van der Waals surface area contributed by atoms with Crippen molar-refractivity contribution in [1.29, 1.82) is 0 Å². The van der Waals surface area contributed by atoms with Crippen LogP contribution in [-0.2, 0) is 4.74 Å². The highest BCUT2D eigenvalue weighted by Crippen LogP contribution is 2.40. The van der Waals surface area contributed by atoms with Gasteiger partial charge in [-0.2, -0.15) is 0 Å². The van der Waals surface area contributed by atoms with Crippen LogP contribution in [0.3, 0.4) is 0 Å². The highest BCUT2D eigenvalue weighted by molar-refractivity contribution is 7.14. The topological polar surface area (TPSA) is 26.3 Å². The second kappa shape index (κ2) is 8.66. The summed E-state index contributed by atoms with van der Waals surface area (Å²) in [6, 6.07) is 3.84. The zero-order chi connectivity index (χ0) is 18.4. The number of thiophene rings is 1. The van der Waals surface area contributed by atoms with Crippen LogP contribution < -0.4 is 0 Å². The average molecular weight is 359 g/mol. The Kier molecular flexibility index (Phi) is 6.83. The highest BCUT2D eigenvalue weighted by Gasteiger charge is 2.26. The lowest BCUT2D eigenvalue weighted by molar-refractivity contribution is 0.0511. The predicted molar refractivity (Wildman–Crippen MR) is 108 cm³/mol. The van der Waals surface area contributed by atoms with Gasteiger partial charge in [0.2, 0.25) is 0 Å². The summed E-state index contributed by atoms with van der Waals surface area (Å²) in [5.74, 6) is -0.218. The van der Waals surface area contributed by atoms with Crippen LogP contribution in [0.2, 0.25) is 0 Å². The molecule has 0 aliphatic heterocycles. The SMILES string of the molecule is CCCOC(=O)c1ccc(C=C(C)C=CC2=C(C)CCCC2(C)C)s1. The minimum Gasteiger partial charge on any atom is -0.462 e. The summed E-state index contributed by atoms with van der Waals surface area (Å²) in [5.41, 5.74) is 4.44. The molecule has 2 rings (SSSR count). The zero-order valence-corrected chi connectivity index (χ0v) is 17.0. The first-order valence-corrected chi connectivity index (χ1v) is 9.98. The van der Waals surface area contributed by atoms with Crippen molar-refractivity contribution in [2.75, 3.05) is 6.61 Å². The highest BCUT2D eigenvalue weighted by atomic mass is 32.1. The van der Waals surface area contributed by atoms with Gasteiger partial charge in [0.15, 0.2) is 0 Å². The Balaban J connectivity index is 2.09. The van der Waals surface area contributed by atoms with Crippen molar-refractivity contribution in [2.24, 2.45) is 5.41 Å². The van der Waals surface area contributed by atoms with Crippen LogP contribution in [0.15, 0.2) is 41.0 Å². The van der Waals surface area contributed by atoms with Crippen molar-refractivity contribution in [3.63, 3.8) is 0 Å². The molecule has 25 heavy (non-hydrogen) atoms. The van der Waals surface area contributed by atoms with E-state index in [0.717, 1.165) is 11.3 Å². The van der Waals surface area contributed by atoms with E-state index in [0.29, 0.717) is 11.5 Å². The van der Waals surface area contributed by atoms with Gasteiger partial charge in [0.25, 0.3) is 0 Å². The molecule has 1 aliphatic rings. The van der Waals surface area contributed by atoms with Crippen molar-refractivity contribution in [3.05, 3.63) is 50.8 Å². The van der Waals surface area contributed by atoms with E-state index in [1.165, 1.54) is 47.3 Å². The summed E-state index contributed by atoms with van der Waals surface area (Å²) < 4.78 is 5.19. The quantitative estimate of drug-likeness (QED) is 0.413. The Morgan fingerprint density at radius 2 is 2.12 bits per heavy atom. The Hall–Kier alpha value is -1.61. The molecule has 3 heteroatoms. The van der Waals surface area contributed by atoms with Gasteiger partial charge in [0, 0.05) is 4.88 Å². The van der Waals surface area contributed by atoms with E-state index in [4.69, 9.17) is 4.74 Å². The molecule has 0 atom stereocenters. The van der Waals surface area contributed by atoms with Crippen molar-refractivity contribution in [1.82, 2.24) is 0 Å². The fourth-order valence-electron chi connectivity index (χ4n) is 3.30. The summed E-state index contributed by atoms with van der Waals surface area (Å²) in [6.07, 6.45) is 11.2. The first-order chi connectivity index (χ1) is 11.8. The van der Waals surface area contributed by atoms with Crippen LogP contribution in [0.4, 0.5) is 0 Å². The fraction of sp³-hybridized carbons (Fsp3) is 0.500. The van der Waals surface area contributed by atoms with Crippen LogP contribution in [-0.4, -0.2) is 12.6 Å². The lowest BCUT2D eigenvalue weighted by Gasteiger charge is -2.32. The van der Waals surface area contributed by atoms with Gasteiger partial charge in [0.05, 0.1) is 6.61 Å². The molecule has 0 radical (unpaired) electrons. The molecule has 0 spiro atoms. The van der Waals surface area contributed by atoms with Gasteiger partial charge in [-0.15, -0.1) is 11.3 Å². The molecule has 0 fully saturated rings. The number of carbonyl (C=O) groups excluding carboxylic acids is 1. The number of rotatable bonds is 6. The third kappa shape index (κ3) is 5.43. The van der Waals surface area contributed by atoms with E-state index < -0.39 is 0 Å². The summed E-state index contributed by atoms with van der Waals surface area (Å²) in [7, 11) is 0. The molecule has 1 heterocycles. The third-order valence-corrected chi connectivity index (χ3v) is 5.70. The second-order valence-corrected chi connectivity index (χ2v) is 8.61. The van der Waals surface area contributed by atoms with Crippen LogP contribution >= 0.6 is 11.3 Å². The van der Waals surface area contributed by atoms with E-state index in [2.05, 4.69) is 45.9 Å². The van der Waals surface area contributed by atoms with Gasteiger partial charge in [0.1, 0.15) is 4.88 Å². The Labute approximate surface area is 156 Å². The number of esters is 1. The molecular formula is C22H30O2S. The molecule has 0 bridgehead atoms. The number of hydrogen-bond acceptors (Lipinski definition) is 3. The van der Waals surface area contributed by atoms with Crippen LogP contribution in [0.1, 0.15) is 74.9 Å². The van der Waals surface area contributed by atoms with Crippen molar-refractivity contribution in [2.45, 2.75) is 60.3 Å². The summed E-state index contributed by atoms with van der Waals surface area (Å²) in [5, 5.41) is 0. The molecule has 1 aliphatic carbocycles. The molecule has 136 valence electrons. The van der Waals surface area contributed by atoms with E-state index in [9.17, 15) is 4.79 Å². The van der Waals surface area contributed by atoms with Crippen molar-refractivity contribution in [3.8, 4) is 0 Å². The van der Waals surface area contributed by atoms with Crippen LogP contribution in [0.25, 0.3) is 6.08 Å². The smallest absolute Gasteiger partial charge is 0.348 e. The molecule has 1 aromatic heterocycles. The average Bonchev–Trinajstić information content (AvgIpc) is 3.00. The van der Waals surface area contributed by atoms with Crippen molar-refractivity contribution >= 4 is 23.4 Å². The minimum absolute atomic E-state index is 0.218. The Morgan fingerprint density at radius 3 is 2.80 bits per heavy atom. The molecular weight excluding hydrogens is 328 g/mol. The van der Waals surface area contributed by atoms with Gasteiger partial charge in [-0.1, -0.05) is 38.5 Å². The third-order valence-electron chi connectivity index (χ3n) is 4.69. The summed E-state index contributed by atoms with van der Waals surface area (Å²) in [4.78, 5) is 13.6. The van der Waals surface area contributed by atoms with Gasteiger partial charge < -0.3 is 4.74 Å². The summed E-state index contributed by atoms with van der Waals surface area (Å²) >= 11 is 1.48. The molecule has 0 saturated heterocycles. The zero-order valence-electron chi connectivity index (χ0n) is 16.1. The summed E-state index contributed by atoms with van der Waals surface area (Å²) in [6.45, 7) is 11.5. The normalized spacial score (nSPS) is 18.0. The van der Waals surface area contributed by atoms with E-state index in [-0.39, 0.29) is 11.4 Å². The first kappa shape index (κ1) is 19.7. The maximum atomic E-state index is 11.9. The van der Waals surface area contributed by atoms with E-state index in [1.54, 1.807) is 0 Å². The minimum atomic E-state index is -0.218. The maximum Gasteiger partial charge on any atom is 0.348 e. The van der Waals surface area contributed by atoms with E-state index >= 15 is 0 Å². The van der Waals surface area contributed by atoms with E-state index in [1.807, 2.05) is 19.1 Å². The first-order valence-electron chi connectivity index (χ1n) is 9.17. The largest absolute Gasteiger partial charge is 0.462 e. The lowest BCUT2D eigenvalue weighted by Crippen LogP contribution is -2.19.